The lowest BCUT2D eigenvalue weighted by Gasteiger charge is -2.32. The highest BCUT2D eigenvalue weighted by Gasteiger charge is 2.35. The molecule has 0 amide bonds. The Morgan fingerprint density at radius 1 is 0.971 bits per heavy atom. The summed E-state index contributed by atoms with van der Waals surface area (Å²) in [6.07, 6.45) is 1.35. The third-order valence-electron chi connectivity index (χ3n) is 5.79. The van der Waals surface area contributed by atoms with Crippen LogP contribution in [0.5, 0.6) is 0 Å². The van der Waals surface area contributed by atoms with Crippen LogP contribution in [-0.4, -0.2) is 64.8 Å². The zero-order chi connectivity index (χ0) is 26.1. The number of aliphatic carboxylic acids is 2. The minimum absolute atomic E-state index is 0.187. The number of ketones is 1. The van der Waals surface area contributed by atoms with Gasteiger partial charge in [0.1, 0.15) is 24.3 Å². The number of anilines is 1. The van der Waals surface area contributed by atoms with Crippen LogP contribution in [0.25, 0.3) is 0 Å². The van der Waals surface area contributed by atoms with Gasteiger partial charge >= 0.3 is 17.9 Å². The van der Waals surface area contributed by atoms with E-state index >= 15 is 0 Å². The van der Waals surface area contributed by atoms with E-state index in [0.29, 0.717) is 36.1 Å². The Morgan fingerprint density at radius 3 is 1.91 bits per heavy atom. The van der Waals surface area contributed by atoms with Crippen molar-refractivity contribution in [1.29, 1.82) is 0 Å². The lowest BCUT2D eigenvalue weighted by molar-refractivity contribution is -0.156. The van der Waals surface area contributed by atoms with Crippen LogP contribution < -0.4 is 4.90 Å². The van der Waals surface area contributed by atoms with Crippen LogP contribution in [0, 0.1) is 0 Å². The number of ether oxygens (including phenoxy) is 2. The number of hydrogen-bond acceptors (Lipinski definition) is 7. The van der Waals surface area contributed by atoms with E-state index < -0.39 is 42.2 Å². The van der Waals surface area contributed by atoms with Gasteiger partial charge in [0.05, 0.1) is 6.61 Å². The molecule has 0 bridgehead atoms. The van der Waals surface area contributed by atoms with E-state index in [0.717, 1.165) is 0 Å². The molecule has 0 saturated heterocycles. The number of carbonyl (C=O) groups excluding carboxylic acids is 2. The summed E-state index contributed by atoms with van der Waals surface area (Å²) in [6, 6.07) is 6.08. The maximum absolute atomic E-state index is 13.2. The molecule has 0 aliphatic heterocycles. The highest BCUT2D eigenvalue weighted by atomic mass is 16.6. The first-order valence-corrected chi connectivity index (χ1v) is 11.1. The standard InChI is InChI=1S/C25H35NO8/c1-7-24(5,34-23(32)17(3)4)13-14-33-25(6,8-2)22(31)18-9-11-19(12-10-18)26(15-20(27)28)16-21(29)30/h9-12H,3,7-8,13-16H2,1-2,4-6H3,(H,27,28)(H,29,30)/t24-,25?/m0/s1. The van der Waals surface area contributed by atoms with Crippen LogP contribution >= 0.6 is 0 Å². The molecule has 188 valence electrons. The Morgan fingerprint density at radius 2 is 1.50 bits per heavy atom. The summed E-state index contributed by atoms with van der Waals surface area (Å²) in [6.45, 7) is 11.6. The van der Waals surface area contributed by atoms with Crippen LogP contribution in [0.1, 0.15) is 64.2 Å². The van der Waals surface area contributed by atoms with Gasteiger partial charge in [-0.15, -0.1) is 0 Å². The van der Waals surface area contributed by atoms with Gasteiger partial charge in [-0.25, -0.2) is 4.79 Å². The SMILES string of the molecule is C=C(C)C(=O)O[C@@](C)(CC)CCOC(C)(CC)C(=O)c1ccc(N(CC(=O)O)CC(=O)O)cc1. The zero-order valence-corrected chi connectivity index (χ0v) is 20.6. The number of carboxylic acids is 2. The van der Waals surface area contributed by atoms with Crippen molar-refractivity contribution in [2.45, 2.75) is 65.1 Å². The molecule has 0 aliphatic rings. The van der Waals surface area contributed by atoms with Gasteiger partial charge in [0, 0.05) is 23.2 Å². The Kier molecular flexibility index (Phi) is 10.4. The number of esters is 1. The molecule has 1 unspecified atom stereocenters. The second kappa shape index (κ2) is 12.3. The Hall–Kier alpha value is -3.20. The summed E-state index contributed by atoms with van der Waals surface area (Å²) in [4.78, 5) is 48.4. The fourth-order valence-electron chi connectivity index (χ4n) is 3.13. The van der Waals surface area contributed by atoms with E-state index in [-0.39, 0.29) is 12.4 Å². The third kappa shape index (κ3) is 8.30. The third-order valence-corrected chi connectivity index (χ3v) is 5.79. The lowest BCUT2D eigenvalue weighted by atomic mass is 9.91. The van der Waals surface area contributed by atoms with Crippen molar-refractivity contribution in [2.24, 2.45) is 0 Å². The van der Waals surface area contributed by atoms with Crippen molar-refractivity contribution >= 4 is 29.4 Å². The summed E-state index contributed by atoms with van der Waals surface area (Å²) < 4.78 is 11.5. The topological polar surface area (TPSA) is 130 Å². The van der Waals surface area contributed by atoms with Crippen LogP contribution in [-0.2, 0) is 23.9 Å². The molecule has 0 saturated carbocycles. The number of benzene rings is 1. The van der Waals surface area contributed by atoms with E-state index in [4.69, 9.17) is 19.7 Å². The van der Waals surface area contributed by atoms with E-state index in [2.05, 4.69) is 6.58 Å². The molecule has 0 fully saturated rings. The molecule has 1 aromatic carbocycles. The van der Waals surface area contributed by atoms with Gasteiger partial charge in [-0.3, -0.25) is 14.4 Å². The minimum atomic E-state index is -1.17. The largest absolute Gasteiger partial charge is 0.480 e. The maximum atomic E-state index is 13.2. The maximum Gasteiger partial charge on any atom is 0.333 e. The average molecular weight is 478 g/mol. The van der Waals surface area contributed by atoms with Crippen molar-refractivity contribution in [3.8, 4) is 0 Å². The first-order valence-electron chi connectivity index (χ1n) is 11.1. The predicted molar refractivity (Wildman–Crippen MR) is 127 cm³/mol. The highest BCUT2D eigenvalue weighted by Crippen LogP contribution is 2.27. The summed E-state index contributed by atoms with van der Waals surface area (Å²) in [5.74, 6) is -3.07. The number of Topliss-reactive ketones (excluding diaryl/α,β-unsaturated/α-hetero) is 1. The predicted octanol–water partition coefficient (Wildman–Crippen LogP) is 3.71. The molecule has 0 aliphatic carbocycles. The summed E-state index contributed by atoms with van der Waals surface area (Å²) >= 11 is 0. The van der Waals surface area contributed by atoms with Crippen molar-refractivity contribution in [2.75, 3.05) is 24.6 Å². The van der Waals surface area contributed by atoms with Crippen LogP contribution in [0.4, 0.5) is 5.69 Å². The van der Waals surface area contributed by atoms with Gasteiger partial charge in [0.15, 0.2) is 5.78 Å². The number of carboxylic acid groups (broad SMARTS) is 2. The van der Waals surface area contributed by atoms with Crippen LogP contribution in [0.2, 0.25) is 0 Å². The molecule has 2 N–H and O–H groups in total. The van der Waals surface area contributed by atoms with Crippen molar-refractivity contribution in [3.05, 3.63) is 42.0 Å². The van der Waals surface area contributed by atoms with Gasteiger partial charge in [-0.05, 0) is 57.9 Å². The minimum Gasteiger partial charge on any atom is -0.480 e. The fourth-order valence-corrected chi connectivity index (χ4v) is 3.13. The monoisotopic (exact) mass is 477 g/mol. The molecule has 34 heavy (non-hydrogen) atoms. The number of hydrogen-bond donors (Lipinski definition) is 2. The van der Waals surface area contributed by atoms with Gasteiger partial charge in [-0.2, -0.15) is 0 Å². The molecule has 0 aromatic heterocycles. The molecule has 9 heteroatoms. The van der Waals surface area contributed by atoms with E-state index in [1.807, 2.05) is 13.8 Å². The van der Waals surface area contributed by atoms with Crippen LogP contribution in [0.15, 0.2) is 36.4 Å². The normalized spacial score (nSPS) is 14.4. The van der Waals surface area contributed by atoms with Crippen LogP contribution in [0.3, 0.4) is 0 Å². The lowest BCUT2D eigenvalue weighted by Crippen LogP contribution is -2.40. The van der Waals surface area contributed by atoms with Crippen molar-refractivity contribution in [1.82, 2.24) is 0 Å². The molecule has 1 aromatic rings. The molecular weight excluding hydrogens is 442 g/mol. The first-order chi connectivity index (χ1) is 15.8. The summed E-state index contributed by atoms with van der Waals surface area (Å²) in [5.41, 5.74) is -0.851. The Labute approximate surface area is 200 Å². The molecule has 1 rings (SSSR count). The zero-order valence-electron chi connectivity index (χ0n) is 20.6. The Balaban J connectivity index is 2.94. The summed E-state index contributed by atoms with van der Waals surface area (Å²) in [7, 11) is 0. The van der Waals surface area contributed by atoms with Gasteiger partial charge < -0.3 is 24.6 Å². The smallest absolute Gasteiger partial charge is 0.333 e. The molecule has 0 radical (unpaired) electrons. The number of carbonyl (C=O) groups is 4. The number of nitrogens with zero attached hydrogens (tertiary/aromatic N) is 1. The van der Waals surface area contributed by atoms with E-state index in [9.17, 15) is 19.2 Å². The van der Waals surface area contributed by atoms with E-state index in [1.165, 1.54) is 29.2 Å². The Bertz CT molecular complexity index is 894. The van der Waals surface area contributed by atoms with E-state index in [1.54, 1.807) is 20.8 Å². The average Bonchev–Trinajstić information content (AvgIpc) is 2.77. The fraction of sp³-hybridized carbons (Fsp3) is 0.520. The quantitative estimate of drug-likeness (QED) is 0.220. The second-order valence-corrected chi connectivity index (χ2v) is 8.68. The second-order valence-electron chi connectivity index (χ2n) is 8.68. The van der Waals surface area contributed by atoms with Gasteiger partial charge in [0.2, 0.25) is 0 Å². The van der Waals surface area contributed by atoms with Gasteiger partial charge in [-0.1, -0.05) is 20.4 Å². The first kappa shape index (κ1) is 28.8. The molecule has 9 nitrogen and oxygen atoms in total. The van der Waals surface area contributed by atoms with Gasteiger partial charge in [0.25, 0.3) is 0 Å². The van der Waals surface area contributed by atoms with Crippen molar-refractivity contribution in [3.63, 3.8) is 0 Å². The number of rotatable bonds is 15. The van der Waals surface area contributed by atoms with Crippen molar-refractivity contribution < 1.29 is 38.9 Å². The summed E-state index contributed by atoms with van der Waals surface area (Å²) in [5, 5.41) is 18.1. The highest BCUT2D eigenvalue weighted by molar-refractivity contribution is 6.02. The molecule has 0 spiro atoms. The molecule has 0 heterocycles. The molecular formula is C25H35NO8. The molecule has 2 atom stereocenters.